The Labute approximate surface area is 295 Å². The Balaban J connectivity index is 1.20. The number of fused-ring (bicyclic) bond motifs is 6. The SMILES string of the molecule is CC1(C)c2ccccc2-c2ccc(N(c3ccc(N(c4ccccc4)c4ccccc4)cc3)c3ccc4c(c3)C(C)(C)c3ccccc3-4)cc21. The zero-order chi connectivity index (χ0) is 34.0. The molecule has 2 aliphatic carbocycles. The molecule has 0 atom stereocenters. The molecule has 242 valence electrons. The molecule has 0 N–H and O–H groups in total. The number of benzene rings is 7. The Bertz CT molecular complexity index is 2220. The largest absolute Gasteiger partial charge is 0.311 e. The lowest BCUT2D eigenvalue weighted by molar-refractivity contribution is 0.660. The van der Waals surface area contributed by atoms with Crippen LogP contribution in [0.25, 0.3) is 22.3 Å². The standard InChI is InChI=1S/C48H40N2/c1-47(2)43-21-13-11-19-39(43)41-29-27-37(31-45(41)47)50(38-28-30-42-40-20-12-14-22-44(40)48(3,4)46(42)32-38)36-25-23-35(24-26-36)49(33-15-7-5-8-16-33)34-17-9-6-10-18-34/h5-32H,1-4H3. The van der Waals surface area contributed by atoms with Gasteiger partial charge in [-0.1, -0.05) is 125 Å². The molecule has 2 aliphatic rings. The fourth-order valence-corrected chi connectivity index (χ4v) is 8.46. The summed E-state index contributed by atoms with van der Waals surface area (Å²) in [6.45, 7) is 9.43. The zero-order valence-electron chi connectivity index (χ0n) is 29.1. The maximum atomic E-state index is 2.44. The Morgan fingerprint density at radius 2 is 0.580 bits per heavy atom. The van der Waals surface area contributed by atoms with Crippen LogP contribution in [0.15, 0.2) is 170 Å². The van der Waals surface area contributed by atoms with Crippen molar-refractivity contribution >= 4 is 34.1 Å². The topological polar surface area (TPSA) is 6.48 Å². The Kier molecular flexibility index (Phi) is 6.86. The number of para-hydroxylation sites is 2. The fourth-order valence-electron chi connectivity index (χ4n) is 8.46. The third-order valence-corrected chi connectivity index (χ3v) is 11.0. The minimum absolute atomic E-state index is 0.0924. The van der Waals surface area contributed by atoms with Crippen molar-refractivity contribution in [1.29, 1.82) is 0 Å². The molecular weight excluding hydrogens is 605 g/mol. The molecule has 7 aromatic rings. The first-order chi connectivity index (χ1) is 24.3. The summed E-state index contributed by atoms with van der Waals surface area (Å²) in [6.07, 6.45) is 0. The lowest BCUT2D eigenvalue weighted by atomic mass is 9.82. The van der Waals surface area contributed by atoms with Crippen LogP contribution >= 0.6 is 0 Å². The van der Waals surface area contributed by atoms with Crippen molar-refractivity contribution in [2.75, 3.05) is 9.80 Å². The van der Waals surface area contributed by atoms with E-state index in [0.717, 1.165) is 34.1 Å². The average Bonchev–Trinajstić information content (AvgIpc) is 3.53. The van der Waals surface area contributed by atoms with E-state index >= 15 is 0 Å². The molecule has 0 heterocycles. The van der Waals surface area contributed by atoms with Crippen LogP contribution < -0.4 is 9.80 Å². The number of nitrogens with zero attached hydrogens (tertiary/aromatic N) is 2. The minimum Gasteiger partial charge on any atom is -0.311 e. The molecule has 2 nitrogen and oxygen atoms in total. The highest BCUT2D eigenvalue weighted by molar-refractivity contribution is 5.89. The third kappa shape index (κ3) is 4.63. The Morgan fingerprint density at radius 1 is 0.280 bits per heavy atom. The van der Waals surface area contributed by atoms with Crippen LogP contribution in [-0.2, 0) is 10.8 Å². The van der Waals surface area contributed by atoms with Crippen molar-refractivity contribution in [3.8, 4) is 22.3 Å². The van der Waals surface area contributed by atoms with Gasteiger partial charge in [0.15, 0.2) is 0 Å². The van der Waals surface area contributed by atoms with Crippen molar-refractivity contribution < 1.29 is 0 Å². The maximum absolute atomic E-state index is 2.44. The van der Waals surface area contributed by atoms with E-state index < -0.39 is 0 Å². The number of hydrogen-bond donors (Lipinski definition) is 0. The van der Waals surface area contributed by atoms with Crippen LogP contribution in [0.3, 0.4) is 0 Å². The van der Waals surface area contributed by atoms with Crippen LogP contribution in [0.2, 0.25) is 0 Å². The second-order valence-corrected chi connectivity index (χ2v) is 14.7. The van der Waals surface area contributed by atoms with Gasteiger partial charge in [0.05, 0.1) is 0 Å². The second-order valence-electron chi connectivity index (χ2n) is 14.7. The molecule has 0 saturated carbocycles. The molecule has 2 heteroatoms. The van der Waals surface area contributed by atoms with Crippen molar-refractivity contribution in [2.45, 2.75) is 38.5 Å². The van der Waals surface area contributed by atoms with E-state index in [1.54, 1.807) is 0 Å². The van der Waals surface area contributed by atoms with E-state index in [0.29, 0.717) is 0 Å². The van der Waals surface area contributed by atoms with Gasteiger partial charge in [-0.15, -0.1) is 0 Å². The van der Waals surface area contributed by atoms with Crippen molar-refractivity contribution in [3.63, 3.8) is 0 Å². The van der Waals surface area contributed by atoms with E-state index in [-0.39, 0.29) is 10.8 Å². The third-order valence-electron chi connectivity index (χ3n) is 11.0. The van der Waals surface area contributed by atoms with Gasteiger partial charge in [-0.05, 0) is 117 Å². The summed E-state index contributed by atoms with van der Waals surface area (Å²) in [4.78, 5) is 4.76. The van der Waals surface area contributed by atoms with E-state index in [9.17, 15) is 0 Å². The first-order valence-electron chi connectivity index (χ1n) is 17.6. The Morgan fingerprint density at radius 3 is 1.00 bits per heavy atom. The maximum Gasteiger partial charge on any atom is 0.0465 e. The molecule has 0 unspecified atom stereocenters. The number of rotatable bonds is 6. The van der Waals surface area contributed by atoms with Gasteiger partial charge >= 0.3 is 0 Å². The predicted octanol–water partition coefficient (Wildman–Crippen LogP) is 13.2. The first-order valence-corrected chi connectivity index (χ1v) is 17.6. The van der Waals surface area contributed by atoms with Crippen LogP contribution in [0.4, 0.5) is 34.1 Å². The van der Waals surface area contributed by atoms with Crippen LogP contribution in [-0.4, -0.2) is 0 Å². The van der Waals surface area contributed by atoms with E-state index in [1.807, 2.05) is 0 Å². The molecule has 0 aliphatic heterocycles. The van der Waals surface area contributed by atoms with Crippen LogP contribution in [0.5, 0.6) is 0 Å². The predicted molar refractivity (Wildman–Crippen MR) is 211 cm³/mol. The average molecular weight is 645 g/mol. The van der Waals surface area contributed by atoms with Gasteiger partial charge in [-0.3, -0.25) is 0 Å². The van der Waals surface area contributed by atoms with Crippen LogP contribution in [0.1, 0.15) is 49.9 Å². The summed E-state index contributed by atoms with van der Waals surface area (Å²) in [6, 6.07) is 62.2. The summed E-state index contributed by atoms with van der Waals surface area (Å²) >= 11 is 0. The van der Waals surface area contributed by atoms with E-state index in [4.69, 9.17) is 0 Å². The molecule has 0 fully saturated rings. The molecule has 0 bridgehead atoms. The van der Waals surface area contributed by atoms with Gasteiger partial charge < -0.3 is 9.80 Å². The van der Waals surface area contributed by atoms with Gasteiger partial charge in [0.2, 0.25) is 0 Å². The summed E-state index contributed by atoms with van der Waals surface area (Å²) in [7, 11) is 0. The highest BCUT2D eigenvalue weighted by atomic mass is 15.2. The molecule has 0 radical (unpaired) electrons. The molecule has 9 rings (SSSR count). The lowest BCUT2D eigenvalue weighted by Crippen LogP contribution is -2.18. The normalized spacial score (nSPS) is 14.3. The Hall–Kier alpha value is -5.86. The lowest BCUT2D eigenvalue weighted by Gasteiger charge is -2.30. The van der Waals surface area contributed by atoms with Crippen molar-refractivity contribution in [1.82, 2.24) is 0 Å². The molecule has 50 heavy (non-hydrogen) atoms. The first kappa shape index (κ1) is 30.2. The van der Waals surface area contributed by atoms with Crippen molar-refractivity contribution in [2.24, 2.45) is 0 Å². The smallest absolute Gasteiger partial charge is 0.0465 e. The highest BCUT2D eigenvalue weighted by Gasteiger charge is 2.37. The van der Waals surface area contributed by atoms with E-state index in [2.05, 4.69) is 207 Å². The molecule has 7 aromatic carbocycles. The van der Waals surface area contributed by atoms with Crippen molar-refractivity contribution in [3.05, 3.63) is 192 Å². The fraction of sp³-hybridized carbons (Fsp3) is 0.125. The quantitative estimate of drug-likeness (QED) is 0.178. The summed E-state index contributed by atoms with van der Waals surface area (Å²) in [5.74, 6) is 0. The number of hydrogen-bond acceptors (Lipinski definition) is 2. The summed E-state index contributed by atoms with van der Waals surface area (Å²) in [5.41, 5.74) is 17.5. The number of anilines is 6. The van der Waals surface area contributed by atoms with Gasteiger partial charge in [-0.2, -0.15) is 0 Å². The summed E-state index contributed by atoms with van der Waals surface area (Å²) < 4.78 is 0. The van der Waals surface area contributed by atoms with Gasteiger partial charge in [0.25, 0.3) is 0 Å². The highest BCUT2D eigenvalue weighted by Crippen LogP contribution is 2.53. The molecule has 0 saturated heterocycles. The molecule has 0 amide bonds. The second kappa shape index (κ2) is 11.4. The zero-order valence-corrected chi connectivity index (χ0v) is 29.1. The van der Waals surface area contributed by atoms with Gasteiger partial charge in [0, 0.05) is 45.0 Å². The molecular formula is C48H40N2. The monoisotopic (exact) mass is 644 g/mol. The minimum atomic E-state index is -0.0924. The van der Waals surface area contributed by atoms with Gasteiger partial charge in [-0.25, -0.2) is 0 Å². The molecule has 0 aromatic heterocycles. The van der Waals surface area contributed by atoms with E-state index in [1.165, 1.54) is 44.5 Å². The molecule has 0 spiro atoms. The van der Waals surface area contributed by atoms with Gasteiger partial charge in [0.1, 0.15) is 0 Å². The summed E-state index contributed by atoms with van der Waals surface area (Å²) in [5, 5.41) is 0. The van der Waals surface area contributed by atoms with Crippen LogP contribution in [0, 0.1) is 0 Å².